The van der Waals surface area contributed by atoms with Crippen LogP contribution in [0.5, 0.6) is 0 Å². The number of amidine groups is 1. The highest BCUT2D eigenvalue weighted by Gasteiger charge is 2.34. The summed E-state index contributed by atoms with van der Waals surface area (Å²) in [7, 11) is 1.69. The van der Waals surface area contributed by atoms with Gasteiger partial charge in [-0.25, -0.2) is 5.01 Å². The maximum Gasteiger partial charge on any atom is 0.416 e. The Morgan fingerprint density at radius 2 is 2.00 bits per heavy atom. The van der Waals surface area contributed by atoms with E-state index in [1.807, 2.05) is 10.0 Å². The second-order valence-corrected chi connectivity index (χ2v) is 6.32. The number of hydrogen-bond donors (Lipinski definition) is 1. The van der Waals surface area contributed by atoms with Crippen molar-refractivity contribution >= 4 is 11.5 Å². The molecule has 0 atom stereocenters. The van der Waals surface area contributed by atoms with E-state index in [1.54, 1.807) is 13.1 Å². The summed E-state index contributed by atoms with van der Waals surface area (Å²) in [4.78, 5) is 4.34. The largest absolute Gasteiger partial charge is 0.416 e. The van der Waals surface area contributed by atoms with Gasteiger partial charge in [0.15, 0.2) is 0 Å². The predicted octanol–water partition coefficient (Wildman–Crippen LogP) is 3.30. The second kappa shape index (κ2) is 7.11. The maximum atomic E-state index is 13.0. The van der Waals surface area contributed by atoms with Gasteiger partial charge in [0.25, 0.3) is 0 Å². The summed E-state index contributed by atoms with van der Waals surface area (Å²) < 4.78 is 39.0. The zero-order chi connectivity index (χ0) is 17.2. The molecule has 2 fully saturated rings. The van der Waals surface area contributed by atoms with Crippen molar-refractivity contribution < 1.29 is 13.2 Å². The van der Waals surface area contributed by atoms with Gasteiger partial charge in [-0.3, -0.25) is 10.0 Å². The summed E-state index contributed by atoms with van der Waals surface area (Å²) in [6, 6.07) is 5.93. The van der Waals surface area contributed by atoms with Crippen LogP contribution in [-0.4, -0.2) is 43.6 Å². The summed E-state index contributed by atoms with van der Waals surface area (Å²) in [5.74, 6) is 0.749. The highest BCUT2D eigenvalue weighted by atomic mass is 19.4. The van der Waals surface area contributed by atoms with Crippen molar-refractivity contribution in [1.29, 1.82) is 0 Å². The number of nitrogens with one attached hydrogen (secondary N) is 1. The number of rotatable bonds is 5. The number of benzene rings is 1. The molecule has 1 aliphatic carbocycles. The van der Waals surface area contributed by atoms with Crippen LogP contribution < -0.4 is 10.3 Å². The molecule has 4 nitrogen and oxygen atoms in total. The Hall–Kier alpha value is -1.60. The van der Waals surface area contributed by atoms with Crippen LogP contribution in [0.25, 0.3) is 0 Å². The zero-order valence-electron chi connectivity index (χ0n) is 13.8. The van der Waals surface area contributed by atoms with E-state index < -0.39 is 11.7 Å². The average Bonchev–Trinajstić information content (AvgIpc) is 3.25. The predicted molar refractivity (Wildman–Crippen MR) is 89.1 cm³/mol. The molecule has 7 heteroatoms. The number of hydrogen-bond acceptors (Lipinski definition) is 3. The molecule has 2 aliphatic rings. The normalized spacial score (nSPS) is 19.8. The quantitative estimate of drug-likeness (QED) is 0.507. The highest BCUT2D eigenvalue weighted by molar-refractivity contribution is 5.98. The molecular formula is C17H23F3N4. The summed E-state index contributed by atoms with van der Waals surface area (Å²) in [6.45, 7) is 2.23. The maximum absolute atomic E-state index is 13.0. The molecule has 1 saturated heterocycles. The van der Waals surface area contributed by atoms with Gasteiger partial charge in [-0.15, -0.1) is 0 Å². The fourth-order valence-corrected chi connectivity index (χ4v) is 3.15. The highest BCUT2D eigenvalue weighted by Crippen LogP contribution is 2.33. The van der Waals surface area contributed by atoms with Crippen molar-refractivity contribution in [2.24, 2.45) is 4.99 Å². The molecule has 0 radical (unpaired) electrons. The van der Waals surface area contributed by atoms with Crippen LogP contribution in [0.3, 0.4) is 0 Å². The fourth-order valence-electron chi connectivity index (χ4n) is 3.15. The topological polar surface area (TPSA) is 30.6 Å². The van der Waals surface area contributed by atoms with Crippen molar-refractivity contribution in [3.8, 4) is 0 Å². The van der Waals surface area contributed by atoms with Crippen LogP contribution in [0.2, 0.25) is 0 Å². The van der Waals surface area contributed by atoms with Crippen molar-refractivity contribution in [3.05, 3.63) is 29.8 Å². The second-order valence-electron chi connectivity index (χ2n) is 6.32. The molecule has 1 aromatic carbocycles. The molecule has 3 rings (SSSR count). The van der Waals surface area contributed by atoms with Crippen LogP contribution in [0.15, 0.2) is 29.3 Å². The first-order chi connectivity index (χ1) is 11.5. The number of aliphatic imine (C=N–C) groups is 1. The summed E-state index contributed by atoms with van der Waals surface area (Å²) in [5, 5.41) is 7.30. The first-order valence-electron chi connectivity index (χ1n) is 8.40. The molecule has 1 aromatic rings. The SMILES string of the molecule is CN=C(CNC1CCCC1)N(c1cccc(C(F)(F)F)c1)N1CC1. The van der Waals surface area contributed by atoms with Crippen molar-refractivity contribution in [3.63, 3.8) is 0 Å². The molecule has 1 aliphatic heterocycles. The molecule has 1 heterocycles. The Bertz CT molecular complexity index is 590. The molecule has 0 aromatic heterocycles. The Morgan fingerprint density at radius 3 is 2.58 bits per heavy atom. The van der Waals surface area contributed by atoms with E-state index in [0.29, 0.717) is 18.3 Å². The van der Waals surface area contributed by atoms with Crippen LogP contribution in [0.1, 0.15) is 31.2 Å². The zero-order valence-corrected chi connectivity index (χ0v) is 13.8. The van der Waals surface area contributed by atoms with Gasteiger partial charge in [-0.2, -0.15) is 13.2 Å². The Labute approximate surface area is 140 Å². The summed E-state index contributed by atoms with van der Waals surface area (Å²) in [6.07, 6.45) is 0.445. The van der Waals surface area contributed by atoms with Crippen LogP contribution in [-0.2, 0) is 6.18 Å². The monoisotopic (exact) mass is 340 g/mol. The van der Waals surface area contributed by atoms with Gasteiger partial charge in [-0.1, -0.05) is 18.9 Å². The Morgan fingerprint density at radius 1 is 1.29 bits per heavy atom. The van der Waals surface area contributed by atoms with Crippen LogP contribution in [0.4, 0.5) is 18.9 Å². The van der Waals surface area contributed by atoms with Crippen molar-refractivity contribution in [2.75, 3.05) is 31.7 Å². The molecule has 0 spiro atoms. The molecule has 1 saturated carbocycles. The third-order valence-corrected chi connectivity index (χ3v) is 4.53. The van der Waals surface area contributed by atoms with Gasteiger partial charge >= 0.3 is 6.18 Å². The summed E-state index contributed by atoms with van der Waals surface area (Å²) in [5.41, 5.74) is -0.123. The lowest BCUT2D eigenvalue weighted by Gasteiger charge is -2.28. The first kappa shape index (κ1) is 17.2. The van der Waals surface area contributed by atoms with Crippen molar-refractivity contribution in [1.82, 2.24) is 10.3 Å². The fraction of sp³-hybridized carbons (Fsp3) is 0.588. The lowest BCUT2D eigenvalue weighted by atomic mass is 10.2. The summed E-state index contributed by atoms with van der Waals surface area (Å²) >= 11 is 0. The minimum atomic E-state index is -4.34. The Kier molecular flexibility index (Phi) is 5.10. The van der Waals surface area contributed by atoms with Crippen LogP contribution in [0, 0.1) is 0 Å². The number of alkyl halides is 3. The van der Waals surface area contributed by atoms with Crippen LogP contribution >= 0.6 is 0 Å². The standard InChI is InChI=1S/C17H23F3N4/c1-21-16(12-22-14-6-2-3-7-14)24(23-9-10-23)15-8-4-5-13(11-15)17(18,19)20/h4-5,8,11,14,22H,2-3,6-7,9-10,12H2,1H3. The minimum Gasteiger partial charge on any atom is -0.307 e. The molecule has 0 amide bonds. The number of nitrogens with zero attached hydrogens (tertiary/aromatic N) is 3. The van der Waals surface area contributed by atoms with E-state index in [2.05, 4.69) is 10.3 Å². The van der Waals surface area contributed by atoms with E-state index >= 15 is 0 Å². The van der Waals surface area contributed by atoms with E-state index in [-0.39, 0.29) is 0 Å². The Balaban J connectivity index is 1.78. The van der Waals surface area contributed by atoms with Gasteiger partial charge in [0, 0.05) is 26.2 Å². The third-order valence-electron chi connectivity index (χ3n) is 4.53. The molecule has 24 heavy (non-hydrogen) atoms. The van der Waals surface area contributed by atoms with E-state index in [9.17, 15) is 13.2 Å². The van der Waals surface area contributed by atoms with Gasteiger partial charge < -0.3 is 5.32 Å². The smallest absolute Gasteiger partial charge is 0.307 e. The van der Waals surface area contributed by atoms with Gasteiger partial charge in [0.2, 0.25) is 0 Å². The number of anilines is 1. The van der Waals surface area contributed by atoms with Gasteiger partial charge in [0.1, 0.15) is 5.84 Å². The van der Waals surface area contributed by atoms with Gasteiger partial charge in [-0.05, 0) is 31.0 Å². The average molecular weight is 340 g/mol. The number of hydrazine groups is 1. The molecular weight excluding hydrogens is 317 g/mol. The number of halogens is 3. The van der Waals surface area contributed by atoms with E-state index in [1.165, 1.54) is 25.0 Å². The first-order valence-corrected chi connectivity index (χ1v) is 8.40. The van der Waals surface area contributed by atoms with Gasteiger partial charge in [0.05, 0.1) is 17.8 Å². The minimum absolute atomic E-state index is 0.485. The molecule has 132 valence electrons. The van der Waals surface area contributed by atoms with Crippen molar-refractivity contribution in [2.45, 2.75) is 37.9 Å². The third kappa shape index (κ3) is 4.08. The molecule has 1 N–H and O–H groups in total. The van der Waals surface area contributed by atoms with E-state index in [0.717, 1.165) is 37.8 Å². The lowest BCUT2D eigenvalue weighted by molar-refractivity contribution is -0.137. The molecule has 0 bridgehead atoms. The van der Waals surface area contributed by atoms with E-state index in [4.69, 9.17) is 0 Å². The lowest BCUT2D eigenvalue weighted by Crippen LogP contribution is -2.44. The molecule has 0 unspecified atom stereocenters.